The fraction of sp³-hybridized carbons (Fsp3) is 0.261. The van der Waals surface area contributed by atoms with E-state index in [-0.39, 0.29) is 17.0 Å². The molecule has 0 aliphatic heterocycles. The first-order valence-electron chi connectivity index (χ1n) is 9.23. The van der Waals surface area contributed by atoms with Crippen molar-refractivity contribution in [3.05, 3.63) is 64.2 Å². The monoisotopic (exact) mass is 376 g/mol. The lowest BCUT2D eigenvalue weighted by molar-refractivity contribution is 0.0597. The summed E-state index contributed by atoms with van der Waals surface area (Å²) < 4.78 is 4.80. The summed E-state index contributed by atoms with van der Waals surface area (Å²) in [5, 5.41) is 21.1. The van der Waals surface area contributed by atoms with Gasteiger partial charge in [-0.1, -0.05) is 37.3 Å². The highest BCUT2D eigenvalue weighted by Crippen LogP contribution is 2.40. The molecule has 0 saturated carbocycles. The average Bonchev–Trinajstić information content (AvgIpc) is 2.71. The van der Waals surface area contributed by atoms with Crippen molar-refractivity contribution in [2.75, 3.05) is 7.11 Å². The van der Waals surface area contributed by atoms with Crippen LogP contribution in [0, 0.1) is 20.8 Å². The van der Waals surface area contributed by atoms with Crippen molar-refractivity contribution >= 4 is 28.1 Å². The van der Waals surface area contributed by atoms with Gasteiger partial charge in [0.05, 0.1) is 12.8 Å². The van der Waals surface area contributed by atoms with Gasteiger partial charge >= 0.3 is 5.97 Å². The Morgan fingerprint density at radius 2 is 1.71 bits per heavy atom. The Labute approximate surface area is 164 Å². The number of rotatable bonds is 4. The number of esters is 1. The van der Waals surface area contributed by atoms with E-state index in [1.165, 1.54) is 18.2 Å². The highest BCUT2D eigenvalue weighted by atomic mass is 16.5. The van der Waals surface area contributed by atoms with Crippen molar-refractivity contribution in [3.63, 3.8) is 0 Å². The summed E-state index contributed by atoms with van der Waals surface area (Å²) in [6.45, 7) is 8.25. The number of carbonyl (C=O) groups excluding carboxylic acids is 1. The van der Waals surface area contributed by atoms with Gasteiger partial charge < -0.3 is 9.84 Å². The average molecular weight is 376 g/mol. The van der Waals surface area contributed by atoms with Gasteiger partial charge in [0.1, 0.15) is 11.3 Å². The second-order valence-corrected chi connectivity index (χ2v) is 6.84. The van der Waals surface area contributed by atoms with E-state index in [0.29, 0.717) is 0 Å². The van der Waals surface area contributed by atoms with Crippen LogP contribution >= 0.6 is 0 Å². The summed E-state index contributed by atoms with van der Waals surface area (Å²) in [5.41, 5.74) is 5.68. The molecule has 0 unspecified atom stereocenters. The number of methoxy groups -OCH3 is 1. The fourth-order valence-electron chi connectivity index (χ4n) is 3.35. The molecule has 28 heavy (non-hydrogen) atoms. The summed E-state index contributed by atoms with van der Waals surface area (Å²) in [6.07, 6.45) is 0.825. The van der Waals surface area contributed by atoms with Crippen LogP contribution in [0.3, 0.4) is 0 Å². The number of benzene rings is 3. The zero-order valence-corrected chi connectivity index (χ0v) is 16.8. The van der Waals surface area contributed by atoms with Crippen LogP contribution < -0.4 is 0 Å². The van der Waals surface area contributed by atoms with Crippen molar-refractivity contribution in [2.24, 2.45) is 10.2 Å². The largest absolute Gasteiger partial charge is 0.505 e. The molecule has 0 aromatic heterocycles. The summed E-state index contributed by atoms with van der Waals surface area (Å²) in [4.78, 5) is 12.1. The Kier molecular flexibility index (Phi) is 5.45. The number of hydrogen-bond acceptors (Lipinski definition) is 5. The molecule has 3 aromatic carbocycles. The standard InChI is InChI=1S/C23H24N2O3/c1-6-16-11-13(2)14(3)15(4)20(16)24-25-21-18-10-8-7-9-17(18)12-19(22(21)26)23(27)28-5/h7-12,26H,6H2,1-5H3. The lowest BCUT2D eigenvalue weighted by atomic mass is 9.97. The third kappa shape index (κ3) is 3.36. The summed E-state index contributed by atoms with van der Waals surface area (Å²) >= 11 is 0. The molecule has 0 amide bonds. The van der Waals surface area contributed by atoms with Gasteiger partial charge in [-0.2, -0.15) is 0 Å². The van der Waals surface area contributed by atoms with Crippen LogP contribution in [0.5, 0.6) is 5.75 Å². The molecule has 144 valence electrons. The maximum absolute atomic E-state index is 12.1. The number of phenolic OH excluding ortho intramolecular Hbond substituents is 1. The number of phenols is 1. The minimum absolute atomic E-state index is 0.0719. The number of aromatic hydroxyl groups is 1. The van der Waals surface area contributed by atoms with E-state index in [0.717, 1.165) is 34.0 Å². The predicted molar refractivity (Wildman–Crippen MR) is 111 cm³/mol. The number of nitrogens with zero attached hydrogens (tertiary/aromatic N) is 2. The van der Waals surface area contributed by atoms with E-state index in [1.807, 2.05) is 31.2 Å². The molecular formula is C23H24N2O3. The van der Waals surface area contributed by atoms with Gasteiger partial charge in [-0.05, 0) is 60.9 Å². The van der Waals surface area contributed by atoms with Crippen LogP contribution in [0.1, 0.15) is 39.5 Å². The van der Waals surface area contributed by atoms with Crippen molar-refractivity contribution in [3.8, 4) is 5.75 Å². The second kappa shape index (κ2) is 7.80. The molecule has 0 bridgehead atoms. The number of azo groups is 1. The minimum Gasteiger partial charge on any atom is -0.505 e. The Balaban J connectivity index is 2.24. The first-order valence-corrected chi connectivity index (χ1v) is 9.23. The van der Waals surface area contributed by atoms with Gasteiger partial charge in [0.2, 0.25) is 0 Å². The number of fused-ring (bicyclic) bond motifs is 1. The molecule has 0 fully saturated rings. The third-order valence-corrected chi connectivity index (χ3v) is 5.24. The van der Waals surface area contributed by atoms with Crippen LogP contribution in [0.4, 0.5) is 11.4 Å². The van der Waals surface area contributed by atoms with Gasteiger partial charge in [0, 0.05) is 5.39 Å². The Bertz CT molecular complexity index is 1100. The third-order valence-electron chi connectivity index (χ3n) is 5.24. The van der Waals surface area contributed by atoms with Crippen molar-refractivity contribution < 1.29 is 14.6 Å². The number of aryl methyl sites for hydroxylation is 2. The molecule has 3 aromatic rings. The second-order valence-electron chi connectivity index (χ2n) is 6.84. The Hall–Kier alpha value is -3.21. The lowest BCUT2D eigenvalue weighted by Crippen LogP contribution is -2.01. The molecule has 1 N–H and O–H groups in total. The Morgan fingerprint density at radius 1 is 1.04 bits per heavy atom. The van der Waals surface area contributed by atoms with Crippen molar-refractivity contribution in [1.29, 1.82) is 0 Å². The van der Waals surface area contributed by atoms with Crippen molar-refractivity contribution in [1.82, 2.24) is 0 Å². The first kappa shape index (κ1) is 19.5. The fourth-order valence-corrected chi connectivity index (χ4v) is 3.35. The smallest absolute Gasteiger partial charge is 0.341 e. The normalized spacial score (nSPS) is 11.3. The van der Waals surface area contributed by atoms with Crippen LogP contribution in [-0.2, 0) is 11.2 Å². The molecule has 3 rings (SSSR count). The van der Waals surface area contributed by atoms with Crippen LogP contribution in [-0.4, -0.2) is 18.2 Å². The van der Waals surface area contributed by atoms with Crippen LogP contribution in [0.15, 0.2) is 46.6 Å². The van der Waals surface area contributed by atoms with E-state index in [9.17, 15) is 9.90 Å². The maximum atomic E-state index is 12.1. The van der Waals surface area contributed by atoms with E-state index in [2.05, 4.69) is 37.1 Å². The Morgan fingerprint density at radius 3 is 2.39 bits per heavy atom. The van der Waals surface area contributed by atoms with Gasteiger partial charge in [-0.3, -0.25) is 0 Å². The first-order chi connectivity index (χ1) is 13.4. The zero-order chi connectivity index (χ0) is 20.4. The maximum Gasteiger partial charge on any atom is 0.341 e. The molecule has 0 aliphatic carbocycles. The van der Waals surface area contributed by atoms with E-state index in [4.69, 9.17) is 4.74 Å². The highest BCUT2D eigenvalue weighted by molar-refractivity contribution is 6.04. The molecular weight excluding hydrogens is 352 g/mol. The molecule has 5 heteroatoms. The predicted octanol–water partition coefficient (Wildman–Crippen LogP) is 6.24. The van der Waals surface area contributed by atoms with Gasteiger partial charge in [-0.15, -0.1) is 10.2 Å². The molecule has 0 heterocycles. The van der Waals surface area contributed by atoms with Crippen LogP contribution in [0.2, 0.25) is 0 Å². The summed E-state index contributed by atoms with van der Waals surface area (Å²) in [7, 11) is 1.28. The van der Waals surface area contributed by atoms with E-state index in [1.54, 1.807) is 6.07 Å². The molecule has 0 atom stereocenters. The highest BCUT2D eigenvalue weighted by Gasteiger charge is 2.19. The lowest BCUT2D eigenvalue weighted by Gasteiger charge is -2.13. The van der Waals surface area contributed by atoms with E-state index < -0.39 is 5.97 Å². The molecule has 0 spiro atoms. The van der Waals surface area contributed by atoms with E-state index >= 15 is 0 Å². The SMILES string of the molecule is CCc1cc(C)c(C)c(C)c1N=Nc1c(O)c(C(=O)OC)cc2ccccc12. The summed E-state index contributed by atoms with van der Waals surface area (Å²) in [6, 6.07) is 11.2. The van der Waals surface area contributed by atoms with Crippen molar-refractivity contribution in [2.45, 2.75) is 34.1 Å². The molecule has 0 saturated heterocycles. The number of hydrogen-bond donors (Lipinski definition) is 1. The molecule has 0 aliphatic rings. The van der Waals surface area contributed by atoms with Gasteiger partial charge in [0.15, 0.2) is 5.75 Å². The quantitative estimate of drug-likeness (QED) is 0.433. The number of carbonyl (C=O) groups is 1. The van der Waals surface area contributed by atoms with Crippen LogP contribution in [0.25, 0.3) is 10.8 Å². The number of ether oxygens (including phenoxy) is 1. The molecule has 0 radical (unpaired) electrons. The zero-order valence-electron chi connectivity index (χ0n) is 16.8. The minimum atomic E-state index is -0.615. The topological polar surface area (TPSA) is 71.2 Å². The van der Waals surface area contributed by atoms with Gasteiger partial charge in [0.25, 0.3) is 0 Å². The molecule has 5 nitrogen and oxygen atoms in total. The van der Waals surface area contributed by atoms with Gasteiger partial charge in [-0.25, -0.2) is 4.79 Å². The summed E-state index contributed by atoms with van der Waals surface area (Å²) in [5.74, 6) is -0.842.